The zero-order valence-corrected chi connectivity index (χ0v) is 12.0. The molecule has 2 N–H and O–H groups in total. The van der Waals surface area contributed by atoms with Crippen LogP contribution in [0.3, 0.4) is 0 Å². The first kappa shape index (κ1) is 13.2. The van der Waals surface area contributed by atoms with Crippen LogP contribution >= 0.6 is 0 Å². The summed E-state index contributed by atoms with van der Waals surface area (Å²) in [6.07, 6.45) is 0. The van der Waals surface area contributed by atoms with Gasteiger partial charge < -0.3 is 15.0 Å². The number of hydrogen-bond donors (Lipinski definition) is 1. The highest BCUT2D eigenvalue weighted by Gasteiger charge is 2.17. The molecule has 0 spiro atoms. The van der Waals surface area contributed by atoms with Crippen LogP contribution in [0.5, 0.6) is 5.75 Å². The van der Waals surface area contributed by atoms with Crippen molar-refractivity contribution in [1.82, 2.24) is 5.16 Å². The lowest BCUT2D eigenvalue weighted by molar-refractivity contribution is 0.413. The minimum atomic E-state index is 0.386. The maximum atomic E-state index is 5.98. The Labute approximate surface area is 123 Å². The average Bonchev–Trinajstić information content (AvgIpc) is 2.90. The Hall–Kier alpha value is -2.75. The Balaban J connectivity index is 2.14. The summed E-state index contributed by atoms with van der Waals surface area (Å²) in [5.74, 6) is 1.80. The second-order valence-corrected chi connectivity index (χ2v) is 4.87. The van der Waals surface area contributed by atoms with Gasteiger partial charge in [-0.2, -0.15) is 0 Å². The SMILES string of the molecule is COc1cccc(-c2onc(N)c2-c2ccc(C)cc2)c1. The largest absolute Gasteiger partial charge is 0.497 e. The molecule has 4 heteroatoms. The van der Waals surface area contributed by atoms with Gasteiger partial charge in [0.1, 0.15) is 5.75 Å². The number of nitrogen functional groups attached to an aromatic ring is 1. The van der Waals surface area contributed by atoms with Crippen molar-refractivity contribution in [2.45, 2.75) is 6.92 Å². The molecule has 4 nitrogen and oxygen atoms in total. The molecule has 106 valence electrons. The third kappa shape index (κ3) is 2.48. The highest BCUT2D eigenvalue weighted by atomic mass is 16.5. The second kappa shape index (κ2) is 5.32. The molecule has 0 unspecified atom stereocenters. The average molecular weight is 280 g/mol. The fraction of sp³-hybridized carbons (Fsp3) is 0.118. The number of anilines is 1. The molecular formula is C17H16N2O2. The van der Waals surface area contributed by atoms with E-state index in [4.69, 9.17) is 15.0 Å². The number of rotatable bonds is 3. The molecule has 2 aromatic carbocycles. The van der Waals surface area contributed by atoms with Gasteiger partial charge in [0.25, 0.3) is 0 Å². The Morgan fingerprint density at radius 3 is 2.52 bits per heavy atom. The Bertz CT molecular complexity index is 761. The first-order chi connectivity index (χ1) is 10.2. The maximum Gasteiger partial charge on any atom is 0.177 e. The van der Waals surface area contributed by atoms with Gasteiger partial charge in [-0.1, -0.05) is 47.1 Å². The molecule has 21 heavy (non-hydrogen) atoms. The van der Waals surface area contributed by atoms with Crippen LogP contribution in [0.15, 0.2) is 53.1 Å². The summed E-state index contributed by atoms with van der Waals surface area (Å²) in [6.45, 7) is 2.05. The molecule has 0 aliphatic rings. The summed E-state index contributed by atoms with van der Waals surface area (Å²) >= 11 is 0. The summed E-state index contributed by atoms with van der Waals surface area (Å²) < 4.78 is 10.7. The quantitative estimate of drug-likeness (QED) is 0.790. The summed E-state index contributed by atoms with van der Waals surface area (Å²) in [4.78, 5) is 0. The van der Waals surface area contributed by atoms with Crippen molar-refractivity contribution in [3.63, 3.8) is 0 Å². The number of nitrogens with two attached hydrogens (primary N) is 1. The van der Waals surface area contributed by atoms with Gasteiger partial charge in [0.05, 0.1) is 12.7 Å². The van der Waals surface area contributed by atoms with E-state index in [1.807, 2.05) is 55.5 Å². The molecule has 0 saturated carbocycles. The lowest BCUT2D eigenvalue weighted by Crippen LogP contribution is -1.89. The van der Waals surface area contributed by atoms with Crippen LogP contribution < -0.4 is 10.5 Å². The normalized spacial score (nSPS) is 10.6. The summed E-state index contributed by atoms with van der Waals surface area (Å²) in [5.41, 5.74) is 9.85. The Morgan fingerprint density at radius 2 is 1.81 bits per heavy atom. The third-order valence-electron chi connectivity index (χ3n) is 3.39. The lowest BCUT2D eigenvalue weighted by Gasteiger charge is -2.05. The van der Waals surface area contributed by atoms with E-state index >= 15 is 0 Å². The third-order valence-corrected chi connectivity index (χ3v) is 3.39. The van der Waals surface area contributed by atoms with Crippen LogP contribution in [-0.2, 0) is 0 Å². The van der Waals surface area contributed by atoms with Crippen molar-refractivity contribution < 1.29 is 9.26 Å². The van der Waals surface area contributed by atoms with Crippen molar-refractivity contribution in [2.24, 2.45) is 0 Å². The van der Waals surface area contributed by atoms with Gasteiger partial charge in [0.15, 0.2) is 11.6 Å². The molecule has 3 rings (SSSR count). The first-order valence-electron chi connectivity index (χ1n) is 6.65. The monoisotopic (exact) mass is 280 g/mol. The number of aromatic nitrogens is 1. The minimum Gasteiger partial charge on any atom is -0.497 e. The molecule has 0 saturated heterocycles. The predicted molar refractivity (Wildman–Crippen MR) is 83.1 cm³/mol. The first-order valence-corrected chi connectivity index (χ1v) is 6.65. The molecule has 0 atom stereocenters. The van der Waals surface area contributed by atoms with Gasteiger partial charge in [0.2, 0.25) is 0 Å². The standard InChI is InChI=1S/C17H16N2O2/c1-11-6-8-12(9-7-11)15-16(21-19-17(15)18)13-4-3-5-14(10-13)20-2/h3-10H,1-2H3,(H2,18,19). The van der Waals surface area contributed by atoms with Crippen molar-refractivity contribution in [3.05, 3.63) is 54.1 Å². The molecule has 0 fully saturated rings. The van der Waals surface area contributed by atoms with E-state index in [1.54, 1.807) is 7.11 Å². The van der Waals surface area contributed by atoms with Crippen molar-refractivity contribution in [3.8, 4) is 28.2 Å². The van der Waals surface area contributed by atoms with E-state index in [2.05, 4.69) is 5.16 Å². The van der Waals surface area contributed by atoms with Crippen molar-refractivity contribution in [2.75, 3.05) is 12.8 Å². The highest BCUT2D eigenvalue weighted by Crippen LogP contribution is 2.37. The summed E-state index contributed by atoms with van der Waals surface area (Å²) in [7, 11) is 1.63. The van der Waals surface area contributed by atoms with Gasteiger partial charge in [0, 0.05) is 5.56 Å². The molecule has 3 aromatic rings. The molecule has 1 heterocycles. The fourth-order valence-electron chi connectivity index (χ4n) is 2.26. The van der Waals surface area contributed by atoms with E-state index in [1.165, 1.54) is 5.56 Å². The second-order valence-electron chi connectivity index (χ2n) is 4.87. The highest BCUT2D eigenvalue weighted by molar-refractivity contribution is 5.86. The van der Waals surface area contributed by atoms with Gasteiger partial charge in [-0.05, 0) is 24.6 Å². The van der Waals surface area contributed by atoms with E-state index < -0.39 is 0 Å². The number of aryl methyl sites for hydroxylation is 1. The number of ether oxygens (including phenoxy) is 1. The van der Waals surface area contributed by atoms with Crippen LogP contribution in [0.25, 0.3) is 22.5 Å². The van der Waals surface area contributed by atoms with Crippen molar-refractivity contribution >= 4 is 5.82 Å². The van der Waals surface area contributed by atoms with Gasteiger partial charge in [-0.25, -0.2) is 0 Å². The molecular weight excluding hydrogens is 264 g/mol. The van der Waals surface area contributed by atoms with E-state index in [9.17, 15) is 0 Å². The maximum absolute atomic E-state index is 5.98. The summed E-state index contributed by atoms with van der Waals surface area (Å²) in [5, 5.41) is 3.91. The minimum absolute atomic E-state index is 0.386. The van der Waals surface area contributed by atoms with E-state index in [0.717, 1.165) is 22.4 Å². The number of nitrogens with zero attached hydrogens (tertiary/aromatic N) is 1. The number of benzene rings is 2. The molecule has 1 aromatic heterocycles. The van der Waals surface area contributed by atoms with Crippen LogP contribution in [-0.4, -0.2) is 12.3 Å². The number of hydrogen-bond acceptors (Lipinski definition) is 4. The van der Waals surface area contributed by atoms with Gasteiger partial charge in [-0.15, -0.1) is 0 Å². The van der Waals surface area contributed by atoms with E-state index in [0.29, 0.717) is 11.6 Å². The zero-order valence-electron chi connectivity index (χ0n) is 12.0. The number of methoxy groups -OCH3 is 1. The van der Waals surface area contributed by atoms with Crippen LogP contribution in [0.1, 0.15) is 5.56 Å². The Kier molecular flexibility index (Phi) is 3.36. The van der Waals surface area contributed by atoms with Crippen LogP contribution in [0.2, 0.25) is 0 Å². The van der Waals surface area contributed by atoms with Crippen molar-refractivity contribution in [1.29, 1.82) is 0 Å². The van der Waals surface area contributed by atoms with Gasteiger partial charge in [-0.3, -0.25) is 0 Å². The molecule has 0 bridgehead atoms. The zero-order chi connectivity index (χ0) is 14.8. The molecule has 0 aliphatic heterocycles. The summed E-state index contributed by atoms with van der Waals surface area (Å²) in [6, 6.07) is 15.7. The molecule has 0 radical (unpaired) electrons. The predicted octanol–water partition coefficient (Wildman–Crippen LogP) is 3.91. The van der Waals surface area contributed by atoms with Gasteiger partial charge >= 0.3 is 0 Å². The Morgan fingerprint density at radius 1 is 1.05 bits per heavy atom. The molecule has 0 aliphatic carbocycles. The van der Waals surface area contributed by atoms with Crippen LogP contribution in [0.4, 0.5) is 5.82 Å². The molecule has 0 amide bonds. The van der Waals surface area contributed by atoms with Crippen LogP contribution in [0, 0.1) is 6.92 Å². The van der Waals surface area contributed by atoms with E-state index in [-0.39, 0.29) is 0 Å². The smallest absolute Gasteiger partial charge is 0.177 e. The topological polar surface area (TPSA) is 61.3 Å². The fourth-order valence-corrected chi connectivity index (χ4v) is 2.26. The lowest BCUT2D eigenvalue weighted by atomic mass is 10.0.